The van der Waals surface area contributed by atoms with E-state index in [2.05, 4.69) is 15.5 Å². The topological polar surface area (TPSA) is 166 Å². The summed E-state index contributed by atoms with van der Waals surface area (Å²) in [7, 11) is 0. The number of carbonyl (C=O) groups excluding carboxylic acids is 1. The van der Waals surface area contributed by atoms with Crippen LogP contribution in [-0.4, -0.2) is 49.0 Å². The number of carbonyl (C=O) groups is 1. The number of hydrogen-bond acceptors (Lipinski definition) is 9. The molecule has 0 aliphatic carbocycles. The summed E-state index contributed by atoms with van der Waals surface area (Å²) >= 11 is 1.15. The fraction of sp³-hybridized carbons (Fsp3) is 0.267. The van der Waals surface area contributed by atoms with E-state index in [4.69, 9.17) is 5.11 Å². The number of nitrogens with zero attached hydrogens (tertiary/aromatic N) is 5. The molecule has 0 aliphatic rings. The number of nitro groups is 2. The zero-order valence-corrected chi connectivity index (χ0v) is 15.5. The van der Waals surface area contributed by atoms with E-state index in [1.165, 1.54) is 25.3 Å². The van der Waals surface area contributed by atoms with Crippen molar-refractivity contribution in [2.45, 2.75) is 18.4 Å². The summed E-state index contributed by atoms with van der Waals surface area (Å²) in [5.74, 6) is -0.310. The van der Waals surface area contributed by atoms with Crippen LogP contribution in [0.4, 0.5) is 11.5 Å². The van der Waals surface area contributed by atoms with E-state index in [1.54, 1.807) is 6.07 Å². The summed E-state index contributed by atoms with van der Waals surface area (Å²) < 4.78 is 1.13. The quantitative estimate of drug-likeness (QED) is 0.270. The fourth-order valence-electron chi connectivity index (χ4n) is 2.19. The molecule has 0 fully saturated rings. The number of aliphatic hydroxyl groups excluding tert-OH is 1. The number of nitrogens with one attached hydrogen (secondary N) is 1. The van der Waals surface area contributed by atoms with Crippen LogP contribution in [-0.2, 0) is 11.3 Å². The van der Waals surface area contributed by atoms with Gasteiger partial charge >= 0.3 is 5.82 Å². The van der Waals surface area contributed by atoms with Gasteiger partial charge in [0, 0.05) is 24.3 Å². The molecule has 0 radical (unpaired) electrons. The second-order valence-electron chi connectivity index (χ2n) is 5.36. The van der Waals surface area contributed by atoms with Crippen molar-refractivity contribution in [3.63, 3.8) is 0 Å². The molecule has 28 heavy (non-hydrogen) atoms. The average molecular weight is 408 g/mol. The summed E-state index contributed by atoms with van der Waals surface area (Å²) in [6.07, 6.45) is 2.28. The molecule has 1 aromatic carbocycles. The molecule has 0 bridgehead atoms. The van der Waals surface area contributed by atoms with Gasteiger partial charge in [-0.15, -0.1) is 11.8 Å². The van der Waals surface area contributed by atoms with E-state index in [1.807, 2.05) is 0 Å². The highest BCUT2D eigenvalue weighted by molar-refractivity contribution is 7.99. The lowest BCUT2D eigenvalue weighted by atomic mass is 10.2. The van der Waals surface area contributed by atoms with E-state index in [-0.39, 0.29) is 24.7 Å². The zero-order valence-electron chi connectivity index (χ0n) is 14.6. The maximum Gasteiger partial charge on any atom is 0.343 e. The SMILES string of the molecule is Cc1ncc([N+](=O)[O-])n1CC(=O)N/N=C/c1ccc(SCCO)c([N+](=O)[O-])c1. The second kappa shape index (κ2) is 9.57. The van der Waals surface area contributed by atoms with Gasteiger partial charge in [0.15, 0.2) is 12.4 Å². The molecule has 0 saturated heterocycles. The Kier molecular flexibility index (Phi) is 7.17. The Hall–Kier alpha value is -3.32. The third-order valence-corrected chi connectivity index (χ3v) is 4.50. The van der Waals surface area contributed by atoms with Crippen LogP contribution in [0.3, 0.4) is 0 Å². The minimum Gasteiger partial charge on any atom is -0.396 e. The Labute approximate surface area is 162 Å². The van der Waals surface area contributed by atoms with Crippen molar-refractivity contribution in [3.05, 3.63) is 56.0 Å². The van der Waals surface area contributed by atoms with Crippen LogP contribution in [0.15, 0.2) is 34.4 Å². The van der Waals surface area contributed by atoms with E-state index in [9.17, 15) is 25.0 Å². The number of amides is 1. The molecule has 1 aromatic heterocycles. The lowest BCUT2D eigenvalue weighted by Crippen LogP contribution is -2.24. The Morgan fingerprint density at radius 2 is 2.14 bits per heavy atom. The molecular weight excluding hydrogens is 392 g/mol. The van der Waals surface area contributed by atoms with Crippen molar-refractivity contribution in [1.82, 2.24) is 15.0 Å². The number of hydrogen-bond donors (Lipinski definition) is 2. The summed E-state index contributed by atoms with van der Waals surface area (Å²) in [6, 6.07) is 4.40. The first kappa shape index (κ1) is 21.0. The Morgan fingerprint density at radius 1 is 1.39 bits per heavy atom. The van der Waals surface area contributed by atoms with Crippen LogP contribution >= 0.6 is 11.8 Å². The first-order chi connectivity index (χ1) is 13.3. The molecule has 1 heterocycles. The summed E-state index contributed by atoms with van der Waals surface area (Å²) in [5.41, 5.74) is 2.45. The highest BCUT2D eigenvalue weighted by Gasteiger charge is 2.20. The van der Waals surface area contributed by atoms with Gasteiger partial charge in [-0.05, 0) is 11.0 Å². The van der Waals surface area contributed by atoms with Crippen molar-refractivity contribution in [2.24, 2.45) is 5.10 Å². The summed E-state index contributed by atoms with van der Waals surface area (Å²) in [6.45, 7) is 1.07. The van der Waals surface area contributed by atoms with Crippen molar-refractivity contribution in [1.29, 1.82) is 0 Å². The van der Waals surface area contributed by atoms with Gasteiger partial charge in [0.1, 0.15) is 6.20 Å². The molecule has 12 nitrogen and oxygen atoms in total. The molecule has 13 heteroatoms. The number of rotatable bonds is 9. The van der Waals surface area contributed by atoms with E-state index < -0.39 is 15.8 Å². The molecule has 2 N–H and O–H groups in total. The molecule has 0 atom stereocenters. The van der Waals surface area contributed by atoms with Crippen LogP contribution in [0.25, 0.3) is 0 Å². The van der Waals surface area contributed by atoms with Crippen LogP contribution in [0.5, 0.6) is 0 Å². The van der Waals surface area contributed by atoms with Gasteiger partial charge in [-0.2, -0.15) is 5.10 Å². The lowest BCUT2D eigenvalue weighted by Gasteiger charge is -2.03. The van der Waals surface area contributed by atoms with Gasteiger partial charge in [-0.25, -0.2) is 15.0 Å². The van der Waals surface area contributed by atoms with Gasteiger partial charge in [0.05, 0.1) is 22.6 Å². The number of nitro benzene ring substituents is 1. The minimum atomic E-state index is -0.647. The molecule has 1 amide bonds. The first-order valence-electron chi connectivity index (χ1n) is 7.84. The van der Waals surface area contributed by atoms with E-state index in [0.29, 0.717) is 22.0 Å². The molecule has 0 spiro atoms. The van der Waals surface area contributed by atoms with E-state index >= 15 is 0 Å². The molecule has 0 aliphatic heterocycles. The van der Waals surface area contributed by atoms with Crippen molar-refractivity contribution >= 4 is 35.4 Å². The van der Waals surface area contributed by atoms with E-state index in [0.717, 1.165) is 22.5 Å². The zero-order chi connectivity index (χ0) is 20.7. The number of benzene rings is 1. The normalized spacial score (nSPS) is 10.9. The number of imidazole rings is 1. The monoisotopic (exact) mass is 408 g/mol. The molecule has 2 aromatic rings. The maximum atomic E-state index is 11.9. The number of aromatic nitrogens is 2. The molecule has 148 valence electrons. The van der Waals surface area contributed by atoms with Gasteiger partial charge in [-0.1, -0.05) is 6.07 Å². The average Bonchev–Trinajstić information content (AvgIpc) is 3.01. The largest absolute Gasteiger partial charge is 0.396 e. The predicted octanol–water partition coefficient (Wildman–Crippen LogP) is 1.24. The number of aliphatic hydroxyl groups is 1. The van der Waals surface area contributed by atoms with Gasteiger partial charge < -0.3 is 15.2 Å². The van der Waals surface area contributed by atoms with Crippen molar-refractivity contribution in [3.8, 4) is 0 Å². The smallest absolute Gasteiger partial charge is 0.343 e. The molecule has 2 rings (SSSR count). The lowest BCUT2D eigenvalue weighted by molar-refractivity contribution is -0.392. The molecule has 0 saturated carbocycles. The molecule has 0 unspecified atom stereocenters. The van der Waals surface area contributed by atoms with Crippen molar-refractivity contribution in [2.75, 3.05) is 12.4 Å². The Balaban J connectivity index is 2.05. The Morgan fingerprint density at radius 3 is 2.79 bits per heavy atom. The number of hydrazone groups is 1. The van der Waals surface area contributed by atoms with Crippen LogP contribution in [0.2, 0.25) is 0 Å². The highest BCUT2D eigenvalue weighted by atomic mass is 32.2. The third kappa shape index (κ3) is 5.34. The van der Waals surface area contributed by atoms with Crippen LogP contribution < -0.4 is 5.43 Å². The Bertz CT molecular complexity index is 928. The predicted molar refractivity (Wildman–Crippen MR) is 100 cm³/mol. The number of thioether (sulfide) groups is 1. The third-order valence-electron chi connectivity index (χ3n) is 3.45. The summed E-state index contributed by atoms with van der Waals surface area (Å²) in [4.78, 5) is 37.0. The standard InChI is InChI=1S/C15H16N6O6S/c1-10-16-8-15(21(26)27)19(10)9-14(23)18-17-7-11-2-3-13(28-5-4-22)12(6-11)20(24)25/h2-3,6-8,22H,4-5,9H2,1H3,(H,18,23)/b17-7+. The second-order valence-corrected chi connectivity index (χ2v) is 6.49. The van der Waals surface area contributed by atoms with Gasteiger partial charge in [0.25, 0.3) is 11.6 Å². The maximum absolute atomic E-state index is 11.9. The first-order valence-corrected chi connectivity index (χ1v) is 8.82. The minimum absolute atomic E-state index is 0.106. The van der Waals surface area contributed by atoms with Gasteiger partial charge in [0.2, 0.25) is 0 Å². The van der Waals surface area contributed by atoms with Crippen molar-refractivity contribution < 1.29 is 19.7 Å². The van der Waals surface area contributed by atoms with Crippen LogP contribution in [0, 0.1) is 27.2 Å². The molecular formula is C15H16N6O6S. The summed E-state index contributed by atoms with van der Waals surface area (Å²) in [5, 5.41) is 34.6. The fourth-order valence-corrected chi connectivity index (χ4v) is 2.95. The van der Waals surface area contributed by atoms with Crippen LogP contribution in [0.1, 0.15) is 11.4 Å². The van der Waals surface area contributed by atoms with Gasteiger partial charge in [-0.3, -0.25) is 14.9 Å². The number of aryl methyl sites for hydroxylation is 1. The highest BCUT2D eigenvalue weighted by Crippen LogP contribution is 2.29.